The Kier molecular flexibility index (Phi) is 6.65. The number of nitrogens with zero attached hydrogens (tertiary/aromatic N) is 3. The van der Waals surface area contributed by atoms with E-state index in [1.807, 2.05) is 13.0 Å². The summed E-state index contributed by atoms with van der Waals surface area (Å²) >= 11 is 0. The van der Waals surface area contributed by atoms with E-state index in [0.717, 1.165) is 6.42 Å². The van der Waals surface area contributed by atoms with Crippen LogP contribution < -0.4 is 15.0 Å². The number of esters is 1. The fraction of sp³-hybridized carbons (Fsp3) is 0.273. The number of methoxy groups -OCH3 is 1. The van der Waals surface area contributed by atoms with Crippen LogP contribution in [0.3, 0.4) is 0 Å². The molecule has 0 unspecified atom stereocenters. The number of hydrogen-bond donors (Lipinski definition) is 0. The molecule has 0 N–H and O–H groups in total. The van der Waals surface area contributed by atoms with Crippen LogP contribution in [0.2, 0.25) is 0 Å². The molecular weight excluding hydrogens is 386 g/mol. The van der Waals surface area contributed by atoms with Gasteiger partial charge in [0.1, 0.15) is 13.2 Å². The van der Waals surface area contributed by atoms with Gasteiger partial charge in [0.2, 0.25) is 0 Å². The Morgan fingerprint density at radius 3 is 2.73 bits per heavy atom. The lowest BCUT2D eigenvalue weighted by Gasteiger charge is -2.13. The topological polar surface area (TPSA) is 103 Å². The maximum absolute atomic E-state index is 12.7. The lowest BCUT2D eigenvalue weighted by Crippen LogP contribution is -2.26. The maximum atomic E-state index is 12.7. The SMILES string of the molecule is CCCOc1ccc(C(=O)OCc2nc3ccccc3c(=O)n2CC#N)cc1OC. The van der Waals surface area contributed by atoms with Crippen LogP contribution >= 0.6 is 0 Å². The Morgan fingerprint density at radius 2 is 2.00 bits per heavy atom. The average Bonchev–Trinajstić information content (AvgIpc) is 2.78. The molecule has 0 saturated carbocycles. The summed E-state index contributed by atoms with van der Waals surface area (Å²) < 4.78 is 17.4. The van der Waals surface area contributed by atoms with Gasteiger partial charge in [-0.25, -0.2) is 9.78 Å². The van der Waals surface area contributed by atoms with E-state index in [2.05, 4.69) is 4.98 Å². The van der Waals surface area contributed by atoms with Crippen molar-refractivity contribution in [2.75, 3.05) is 13.7 Å². The molecule has 0 atom stereocenters. The minimum atomic E-state index is -0.610. The van der Waals surface area contributed by atoms with Crippen LogP contribution in [-0.2, 0) is 17.9 Å². The number of fused-ring (bicyclic) bond motifs is 1. The van der Waals surface area contributed by atoms with Gasteiger partial charge in [0.25, 0.3) is 5.56 Å². The van der Waals surface area contributed by atoms with Crippen LogP contribution in [0, 0.1) is 11.3 Å². The minimum Gasteiger partial charge on any atom is -0.493 e. The number of benzene rings is 2. The van der Waals surface area contributed by atoms with Gasteiger partial charge in [-0.1, -0.05) is 19.1 Å². The number of aromatic nitrogens is 2. The molecule has 0 spiro atoms. The van der Waals surface area contributed by atoms with E-state index in [-0.39, 0.29) is 30.1 Å². The second-order valence-corrected chi connectivity index (χ2v) is 6.38. The Morgan fingerprint density at radius 1 is 1.20 bits per heavy atom. The molecule has 0 bridgehead atoms. The first-order valence-corrected chi connectivity index (χ1v) is 9.42. The third-order valence-electron chi connectivity index (χ3n) is 4.36. The molecule has 0 aliphatic rings. The summed E-state index contributed by atoms with van der Waals surface area (Å²) in [6.45, 7) is 2.08. The summed E-state index contributed by atoms with van der Waals surface area (Å²) in [5.41, 5.74) is 0.389. The molecule has 8 heteroatoms. The van der Waals surface area contributed by atoms with Gasteiger partial charge in [0.15, 0.2) is 17.3 Å². The van der Waals surface area contributed by atoms with Gasteiger partial charge in [0, 0.05) is 0 Å². The zero-order valence-electron chi connectivity index (χ0n) is 16.8. The van der Waals surface area contributed by atoms with E-state index in [4.69, 9.17) is 19.5 Å². The van der Waals surface area contributed by atoms with Crippen molar-refractivity contribution in [3.05, 3.63) is 64.2 Å². The fourth-order valence-corrected chi connectivity index (χ4v) is 2.90. The van der Waals surface area contributed by atoms with Crippen molar-refractivity contribution in [2.24, 2.45) is 0 Å². The zero-order valence-corrected chi connectivity index (χ0v) is 16.8. The molecule has 0 aliphatic heterocycles. The predicted octanol–water partition coefficient (Wildman–Crippen LogP) is 3.07. The molecule has 154 valence electrons. The average molecular weight is 407 g/mol. The summed E-state index contributed by atoms with van der Waals surface area (Å²) in [6.07, 6.45) is 0.843. The number of nitriles is 1. The first kappa shape index (κ1) is 20.9. The van der Waals surface area contributed by atoms with Gasteiger partial charge in [-0.05, 0) is 36.8 Å². The summed E-state index contributed by atoms with van der Waals surface area (Å²) in [5, 5.41) is 9.47. The van der Waals surface area contributed by atoms with Crippen molar-refractivity contribution in [3.63, 3.8) is 0 Å². The second kappa shape index (κ2) is 9.56. The van der Waals surface area contributed by atoms with Crippen molar-refractivity contribution in [3.8, 4) is 17.6 Å². The summed E-state index contributed by atoms with van der Waals surface area (Å²) in [4.78, 5) is 29.6. The normalized spacial score (nSPS) is 10.4. The highest BCUT2D eigenvalue weighted by Gasteiger charge is 2.16. The van der Waals surface area contributed by atoms with Crippen molar-refractivity contribution in [1.82, 2.24) is 9.55 Å². The van der Waals surface area contributed by atoms with Gasteiger partial charge >= 0.3 is 5.97 Å². The van der Waals surface area contributed by atoms with Crippen molar-refractivity contribution in [1.29, 1.82) is 5.26 Å². The van der Waals surface area contributed by atoms with Crippen LogP contribution in [0.1, 0.15) is 29.5 Å². The Labute approximate surface area is 173 Å². The molecule has 3 aromatic rings. The molecule has 0 fully saturated rings. The Balaban J connectivity index is 1.84. The van der Waals surface area contributed by atoms with Gasteiger partial charge in [0.05, 0.1) is 36.3 Å². The molecule has 0 aliphatic carbocycles. The lowest BCUT2D eigenvalue weighted by atomic mass is 10.2. The van der Waals surface area contributed by atoms with Crippen molar-refractivity contribution < 1.29 is 19.0 Å². The van der Waals surface area contributed by atoms with Gasteiger partial charge in [-0.3, -0.25) is 9.36 Å². The number of rotatable bonds is 8. The summed E-state index contributed by atoms with van der Waals surface area (Å²) in [6, 6.07) is 13.5. The number of para-hydroxylation sites is 1. The smallest absolute Gasteiger partial charge is 0.338 e. The lowest BCUT2D eigenvalue weighted by molar-refractivity contribution is 0.0456. The number of carbonyl (C=O) groups is 1. The van der Waals surface area contributed by atoms with Crippen LogP contribution in [0.15, 0.2) is 47.3 Å². The molecule has 1 heterocycles. The van der Waals surface area contributed by atoms with Gasteiger partial charge in [-0.2, -0.15) is 5.26 Å². The molecular formula is C22H21N3O5. The van der Waals surface area contributed by atoms with E-state index < -0.39 is 5.97 Å². The third-order valence-corrected chi connectivity index (χ3v) is 4.36. The molecule has 0 amide bonds. The molecule has 1 aromatic heterocycles. The fourth-order valence-electron chi connectivity index (χ4n) is 2.90. The highest BCUT2D eigenvalue weighted by Crippen LogP contribution is 2.28. The summed E-state index contributed by atoms with van der Waals surface area (Å²) in [5.74, 6) is 0.544. The molecule has 8 nitrogen and oxygen atoms in total. The predicted molar refractivity (Wildman–Crippen MR) is 110 cm³/mol. The highest BCUT2D eigenvalue weighted by atomic mass is 16.5. The second-order valence-electron chi connectivity index (χ2n) is 6.38. The number of ether oxygens (including phenoxy) is 3. The van der Waals surface area contributed by atoms with E-state index in [0.29, 0.717) is 29.0 Å². The monoisotopic (exact) mass is 407 g/mol. The molecule has 2 aromatic carbocycles. The van der Waals surface area contributed by atoms with Gasteiger partial charge < -0.3 is 14.2 Å². The zero-order chi connectivity index (χ0) is 21.5. The minimum absolute atomic E-state index is 0.194. The molecule has 0 radical (unpaired) electrons. The van der Waals surface area contributed by atoms with Crippen molar-refractivity contribution >= 4 is 16.9 Å². The first-order valence-electron chi connectivity index (χ1n) is 9.42. The summed E-state index contributed by atoms with van der Waals surface area (Å²) in [7, 11) is 1.49. The number of carbonyl (C=O) groups excluding carboxylic acids is 1. The quantitative estimate of drug-likeness (QED) is 0.529. The molecule has 3 rings (SSSR count). The van der Waals surface area contributed by atoms with E-state index in [1.165, 1.54) is 17.7 Å². The van der Waals surface area contributed by atoms with Gasteiger partial charge in [-0.15, -0.1) is 0 Å². The number of hydrogen-bond acceptors (Lipinski definition) is 7. The standard InChI is InChI=1S/C22H21N3O5/c1-3-12-29-18-9-8-15(13-19(18)28-2)22(27)30-14-20-24-17-7-5-4-6-16(17)21(26)25(20)11-10-23/h4-9,13H,3,11-12,14H2,1-2H3. The van der Waals surface area contributed by atoms with Crippen molar-refractivity contribution in [2.45, 2.75) is 26.5 Å². The van der Waals surface area contributed by atoms with Crippen LogP contribution in [-0.4, -0.2) is 29.2 Å². The third kappa shape index (κ3) is 4.41. The highest BCUT2D eigenvalue weighted by molar-refractivity contribution is 5.90. The Hall–Kier alpha value is -3.86. The van der Waals surface area contributed by atoms with Crippen LogP contribution in [0.4, 0.5) is 0 Å². The van der Waals surface area contributed by atoms with E-state index in [1.54, 1.807) is 36.4 Å². The molecule has 0 saturated heterocycles. The maximum Gasteiger partial charge on any atom is 0.338 e. The van der Waals surface area contributed by atoms with Crippen LogP contribution in [0.25, 0.3) is 10.9 Å². The van der Waals surface area contributed by atoms with Crippen LogP contribution in [0.5, 0.6) is 11.5 Å². The van der Waals surface area contributed by atoms with E-state index >= 15 is 0 Å². The Bertz CT molecular complexity index is 1160. The van der Waals surface area contributed by atoms with E-state index in [9.17, 15) is 9.59 Å². The largest absolute Gasteiger partial charge is 0.493 e. The first-order chi connectivity index (χ1) is 14.6. The molecule has 30 heavy (non-hydrogen) atoms.